The molecule has 18 heavy (non-hydrogen) atoms. The highest BCUT2D eigenvalue weighted by Crippen LogP contribution is 2.11. The number of hydrogen-bond donors (Lipinski definition) is 2. The summed E-state index contributed by atoms with van der Waals surface area (Å²) < 4.78 is 31.9. The molecule has 1 aromatic rings. The summed E-state index contributed by atoms with van der Waals surface area (Å²) >= 11 is 0. The molecule has 6 heteroatoms. The van der Waals surface area contributed by atoms with E-state index >= 15 is 0 Å². The van der Waals surface area contributed by atoms with Crippen LogP contribution >= 0.6 is 0 Å². The lowest BCUT2D eigenvalue weighted by Crippen LogP contribution is -2.48. The lowest BCUT2D eigenvalue weighted by atomic mass is 10.1. The Labute approximate surface area is 103 Å². The van der Waals surface area contributed by atoms with Gasteiger partial charge in [0.05, 0.1) is 13.2 Å². The molecule has 1 atom stereocenters. The minimum Gasteiger partial charge on any atom is -0.378 e. The second-order valence-electron chi connectivity index (χ2n) is 4.03. The summed E-state index contributed by atoms with van der Waals surface area (Å²) in [5.41, 5.74) is -0.547. The molecule has 1 unspecified atom stereocenters. The van der Waals surface area contributed by atoms with Crippen LogP contribution in [0.15, 0.2) is 18.2 Å². The second kappa shape index (κ2) is 5.88. The van der Waals surface area contributed by atoms with Gasteiger partial charge in [0.15, 0.2) is 0 Å². The van der Waals surface area contributed by atoms with Gasteiger partial charge >= 0.3 is 0 Å². The van der Waals surface area contributed by atoms with E-state index in [4.69, 9.17) is 4.74 Å². The molecule has 0 aromatic heterocycles. The minimum absolute atomic E-state index is 0.0301. The van der Waals surface area contributed by atoms with Crippen molar-refractivity contribution in [3.8, 4) is 0 Å². The van der Waals surface area contributed by atoms with Crippen LogP contribution in [0, 0.1) is 11.6 Å². The lowest BCUT2D eigenvalue weighted by Gasteiger charge is -2.23. The monoisotopic (exact) mass is 256 g/mol. The van der Waals surface area contributed by atoms with Gasteiger partial charge in [0.1, 0.15) is 17.2 Å². The number of morpholine rings is 1. The maximum atomic E-state index is 13.3. The van der Waals surface area contributed by atoms with Crippen LogP contribution in [0.1, 0.15) is 10.4 Å². The molecule has 0 spiro atoms. The molecule has 0 aliphatic carbocycles. The highest BCUT2D eigenvalue weighted by atomic mass is 19.1. The summed E-state index contributed by atoms with van der Waals surface area (Å²) in [6.45, 7) is 2.08. The molecule has 2 N–H and O–H groups in total. The van der Waals surface area contributed by atoms with E-state index in [0.29, 0.717) is 19.8 Å². The standard InChI is InChI=1S/C12H14F2N2O2/c13-9-2-1-3-10(14)11(9)12(17)16-6-8-7-18-5-4-15-8/h1-3,8,15H,4-7H2,(H,16,17). The Morgan fingerprint density at radius 1 is 1.44 bits per heavy atom. The van der Waals surface area contributed by atoms with E-state index < -0.39 is 23.1 Å². The number of benzene rings is 1. The first-order chi connectivity index (χ1) is 8.68. The first-order valence-electron chi connectivity index (χ1n) is 5.72. The van der Waals surface area contributed by atoms with Crippen LogP contribution in [0.2, 0.25) is 0 Å². The molecule has 1 saturated heterocycles. The van der Waals surface area contributed by atoms with Gasteiger partial charge in [0.2, 0.25) is 0 Å². The third-order valence-corrected chi connectivity index (χ3v) is 2.70. The number of ether oxygens (including phenoxy) is 1. The van der Waals surface area contributed by atoms with Crippen molar-refractivity contribution in [3.05, 3.63) is 35.4 Å². The Morgan fingerprint density at radius 2 is 2.17 bits per heavy atom. The molecule has 0 saturated carbocycles. The summed E-state index contributed by atoms with van der Waals surface area (Å²) in [5.74, 6) is -2.47. The van der Waals surface area contributed by atoms with Gasteiger partial charge in [0.25, 0.3) is 5.91 Å². The van der Waals surface area contributed by atoms with Crippen molar-refractivity contribution in [1.82, 2.24) is 10.6 Å². The molecule has 1 fully saturated rings. The smallest absolute Gasteiger partial charge is 0.257 e. The van der Waals surface area contributed by atoms with Gasteiger partial charge in [-0.15, -0.1) is 0 Å². The Kier molecular flexibility index (Phi) is 4.22. The van der Waals surface area contributed by atoms with E-state index in [2.05, 4.69) is 10.6 Å². The summed E-state index contributed by atoms with van der Waals surface area (Å²) in [6.07, 6.45) is 0. The maximum Gasteiger partial charge on any atom is 0.257 e. The predicted octanol–water partition coefficient (Wildman–Crippen LogP) is 0.683. The highest BCUT2D eigenvalue weighted by Gasteiger charge is 2.19. The van der Waals surface area contributed by atoms with Crippen molar-refractivity contribution in [2.75, 3.05) is 26.3 Å². The SMILES string of the molecule is O=C(NCC1COCCN1)c1c(F)cccc1F. The van der Waals surface area contributed by atoms with Gasteiger partial charge in [-0.2, -0.15) is 0 Å². The zero-order chi connectivity index (χ0) is 13.0. The maximum absolute atomic E-state index is 13.3. The zero-order valence-corrected chi connectivity index (χ0v) is 9.71. The van der Waals surface area contributed by atoms with Crippen molar-refractivity contribution in [3.63, 3.8) is 0 Å². The zero-order valence-electron chi connectivity index (χ0n) is 9.71. The molecule has 2 rings (SSSR count). The Morgan fingerprint density at radius 3 is 2.78 bits per heavy atom. The highest BCUT2D eigenvalue weighted by molar-refractivity contribution is 5.94. The summed E-state index contributed by atoms with van der Waals surface area (Å²) in [6, 6.07) is 3.30. The molecule has 4 nitrogen and oxygen atoms in total. The summed E-state index contributed by atoms with van der Waals surface area (Å²) in [5, 5.41) is 5.62. The second-order valence-corrected chi connectivity index (χ2v) is 4.03. The van der Waals surface area contributed by atoms with Crippen LogP contribution in [0.4, 0.5) is 8.78 Å². The van der Waals surface area contributed by atoms with E-state index in [1.54, 1.807) is 0 Å². The van der Waals surface area contributed by atoms with Crippen LogP contribution in [0.5, 0.6) is 0 Å². The lowest BCUT2D eigenvalue weighted by molar-refractivity contribution is 0.0733. The fourth-order valence-electron chi connectivity index (χ4n) is 1.77. The number of carbonyl (C=O) groups excluding carboxylic acids is 1. The number of halogens is 2. The Hall–Kier alpha value is -1.53. The van der Waals surface area contributed by atoms with Crippen molar-refractivity contribution in [2.24, 2.45) is 0 Å². The molecule has 0 radical (unpaired) electrons. The average molecular weight is 256 g/mol. The van der Waals surface area contributed by atoms with Crippen molar-refractivity contribution in [1.29, 1.82) is 0 Å². The van der Waals surface area contributed by atoms with E-state index in [9.17, 15) is 13.6 Å². The fraction of sp³-hybridized carbons (Fsp3) is 0.417. The predicted molar refractivity (Wildman–Crippen MR) is 61.3 cm³/mol. The number of amides is 1. The van der Waals surface area contributed by atoms with Crippen molar-refractivity contribution < 1.29 is 18.3 Å². The molecule has 1 amide bonds. The molecule has 1 aromatic carbocycles. The van der Waals surface area contributed by atoms with Crippen LogP contribution in [-0.2, 0) is 4.74 Å². The Bertz CT molecular complexity index is 414. The number of nitrogens with one attached hydrogen (secondary N) is 2. The molecular weight excluding hydrogens is 242 g/mol. The van der Waals surface area contributed by atoms with E-state index in [1.165, 1.54) is 6.07 Å². The first-order valence-corrected chi connectivity index (χ1v) is 5.72. The van der Waals surface area contributed by atoms with Gasteiger partial charge in [0, 0.05) is 19.1 Å². The summed E-state index contributed by atoms with van der Waals surface area (Å²) in [4.78, 5) is 11.7. The number of rotatable bonds is 3. The van der Waals surface area contributed by atoms with Gasteiger partial charge < -0.3 is 15.4 Å². The van der Waals surface area contributed by atoms with Crippen LogP contribution in [0.3, 0.4) is 0 Å². The van der Waals surface area contributed by atoms with Gasteiger partial charge in [-0.05, 0) is 12.1 Å². The van der Waals surface area contributed by atoms with Crippen LogP contribution in [-0.4, -0.2) is 38.3 Å². The Balaban J connectivity index is 1.95. The third-order valence-electron chi connectivity index (χ3n) is 2.70. The molecule has 1 aliphatic heterocycles. The minimum atomic E-state index is -0.861. The molecule has 1 heterocycles. The van der Waals surface area contributed by atoms with E-state index in [-0.39, 0.29) is 12.6 Å². The number of hydrogen-bond acceptors (Lipinski definition) is 3. The van der Waals surface area contributed by atoms with Crippen molar-refractivity contribution in [2.45, 2.75) is 6.04 Å². The van der Waals surface area contributed by atoms with E-state index in [1.807, 2.05) is 0 Å². The number of carbonyl (C=O) groups is 1. The fourth-order valence-corrected chi connectivity index (χ4v) is 1.77. The van der Waals surface area contributed by atoms with Crippen LogP contribution in [0.25, 0.3) is 0 Å². The molecular formula is C12H14F2N2O2. The average Bonchev–Trinajstić information content (AvgIpc) is 2.37. The topological polar surface area (TPSA) is 50.4 Å². The summed E-state index contributed by atoms with van der Waals surface area (Å²) in [7, 11) is 0. The van der Waals surface area contributed by atoms with E-state index in [0.717, 1.165) is 12.1 Å². The third kappa shape index (κ3) is 3.02. The normalized spacial score (nSPS) is 19.6. The van der Waals surface area contributed by atoms with Crippen LogP contribution < -0.4 is 10.6 Å². The van der Waals surface area contributed by atoms with Crippen molar-refractivity contribution >= 4 is 5.91 Å². The largest absolute Gasteiger partial charge is 0.378 e. The molecule has 98 valence electrons. The van der Waals surface area contributed by atoms with Gasteiger partial charge in [-0.1, -0.05) is 6.07 Å². The van der Waals surface area contributed by atoms with Gasteiger partial charge in [-0.25, -0.2) is 8.78 Å². The quantitative estimate of drug-likeness (QED) is 0.836. The molecule has 1 aliphatic rings. The van der Waals surface area contributed by atoms with Gasteiger partial charge in [-0.3, -0.25) is 4.79 Å². The molecule has 0 bridgehead atoms. The first kappa shape index (κ1) is 12.9.